The minimum absolute atomic E-state index is 0.636. The average Bonchev–Trinajstić information content (AvgIpc) is 2.43. The van der Waals surface area contributed by atoms with Crippen LogP contribution in [0.5, 0.6) is 0 Å². The van der Waals surface area contributed by atoms with Gasteiger partial charge in [0.2, 0.25) is 0 Å². The molecule has 0 spiro atoms. The van der Waals surface area contributed by atoms with Crippen molar-refractivity contribution in [2.24, 2.45) is 17.6 Å². The Kier molecular flexibility index (Phi) is 6.32. The van der Waals surface area contributed by atoms with Crippen molar-refractivity contribution >= 4 is 0 Å². The second kappa shape index (κ2) is 7.25. The summed E-state index contributed by atoms with van der Waals surface area (Å²) in [5.74, 6) is 1.42. The molecule has 0 aromatic carbocycles. The van der Waals surface area contributed by atoms with Crippen LogP contribution in [0.4, 0.5) is 0 Å². The van der Waals surface area contributed by atoms with Gasteiger partial charge in [-0.05, 0) is 37.9 Å². The van der Waals surface area contributed by atoms with E-state index in [4.69, 9.17) is 5.73 Å². The van der Waals surface area contributed by atoms with Gasteiger partial charge in [0.05, 0.1) is 0 Å². The first-order chi connectivity index (χ1) is 7.61. The second-order valence-corrected chi connectivity index (χ2v) is 5.69. The first kappa shape index (κ1) is 13.9. The van der Waals surface area contributed by atoms with E-state index in [1.165, 1.54) is 45.7 Å². The van der Waals surface area contributed by atoms with Gasteiger partial charge in [-0.25, -0.2) is 0 Å². The van der Waals surface area contributed by atoms with Crippen molar-refractivity contribution < 1.29 is 0 Å². The van der Waals surface area contributed by atoms with E-state index in [-0.39, 0.29) is 0 Å². The summed E-state index contributed by atoms with van der Waals surface area (Å²) in [6.45, 7) is 15.1. The Balaban J connectivity index is 2.28. The maximum atomic E-state index is 5.68. The Labute approximate surface area is 101 Å². The number of hydrogen-bond acceptors (Lipinski definition) is 3. The quantitative estimate of drug-likeness (QED) is 0.767. The Morgan fingerprint density at radius 3 is 2.00 bits per heavy atom. The molecule has 3 heteroatoms. The molecule has 0 amide bonds. The molecule has 1 rings (SSSR count). The molecule has 0 aliphatic carbocycles. The van der Waals surface area contributed by atoms with Crippen LogP contribution in [-0.2, 0) is 0 Å². The molecule has 1 unspecified atom stereocenters. The zero-order chi connectivity index (χ0) is 12.0. The van der Waals surface area contributed by atoms with Crippen molar-refractivity contribution in [2.75, 3.05) is 45.8 Å². The zero-order valence-corrected chi connectivity index (χ0v) is 11.3. The first-order valence-corrected chi connectivity index (χ1v) is 6.76. The van der Waals surface area contributed by atoms with Crippen LogP contribution >= 0.6 is 0 Å². The van der Waals surface area contributed by atoms with Gasteiger partial charge in [-0.2, -0.15) is 0 Å². The summed E-state index contributed by atoms with van der Waals surface area (Å²) in [5, 5.41) is 0. The lowest BCUT2D eigenvalue weighted by Gasteiger charge is -2.24. The second-order valence-electron chi connectivity index (χ2n) is 5.69. The number of nitrogens with two attached hydrogens (primary N) is 1. The van der Waals surface area contributed by atoms with E-state index >= 15 is 0 Å². The van der Waals surface area contributed by atoms with E-state index in [0.29, 0.717) is 5.92 Å². The SMILES string of the molecule is CC(C)CN1CCCN(CC(C)CN)CC1. The van der Waals surface area contributed by atoms with Crippen LogP contribution in [0.25, 0.3) is 0 Å². The van der Waals surface area contributed by atoms with Gasteiger partial charge in [0, 0.05) is 26.2 Å². The minimum atomic E-state index is 0.636. The molecule has 1 fully saturated rings. The van der Waals surface area contributed by atoms with Crippen LogP contribution in [0, 0.1) is 11.8 Å². The molecular weight excluding hydrogens is 198 g/mol. The van der Waals surface area contributed by atoms with Crippen LogP contribution in [0.2, 0.25) is 0 Å². The summed E-state index contributed by atoms with van der Waals surface area (Å²) in [7, 11) is 0. The topological polar surface area (TPSA) is 32.5 Å². The number of rotatable bonds is 5. The van der Waals surface area contributed by atoms with Gasteiger partial charge in [0.1, 0.15) is 0 Å². The van der Waals surface area contributed by atoms with Gasteiger partial charge in [0.15, 0.2) is 0 Å². The largest absolute Gasteiger partial charge is 0.330 e. The Hall–Kier alpha value is -0.120. The Morgan fingerprint density at radius 1 is 0.938 bits per heavy atom. The maximum absolute atomic E-state index is 5.68. The molecule has 1 saturated heterocycles. The Bertz CT molecular complexity index is 182. The highest BCUT2D eigenvalue weighted by atomic mass is 15.2. The third-order valence-electron chi connectivity index (χ3n) is 3.28. The lowest BCUT2D eigenvalue weighted by molar-refractivity contribution is 0.224. The van der Waals surface area contributed by atoms with E-state index in [1.54, 1.807) is 0 Å². The monoisotopic (exact) mass is 227 g/mol. The number of nitrogens with zero attached hydrogens (tertiary/aromatic N) is 2. The van der Waals surface area contributed by atoms with Gasteiger partial charge in [-0.1, -0.05) is 20.8 Å². The molecule has 0 aromatic heterocycles. The van der Waals surface area contributed by atoms with E-state index in [0.717, 1.165) is 12.5 Å². The average molecular weight is 227 g/mol. The lowest BCUT2D eigenvalue weighted by Crippen LogP contribution is -2.36. The highest BCUT2D eigenvalue weighted by Crippen LogP contribution is 2.07. The van der Waals surface area contributed by atoms with Crippen LogP contribution in [0.3, 0.4) is 0 Å². The molecule has 3 nitrogen and oxygen atoms in total. The molecule has 0 saturated carbocycles. The van der Waals surface area contributed by atoms with Crippen molar-refractivity contribution in [1.29, 1.82) is 0 Å². The molecule has 2 N–H and O–H groups in total. The molecule has 0 radical (unpaired) electrons. The Morgan fingerprint density at radius 2 is 1.50 bits per heavy atom. The molecule has 1 heterocycles. The van der Waals surface area contributed by atoms with Crippen molar-refractivity contribution in [3.63, 3.8) is 0 Å². The minimum Gasteiger partial charge on any atom is -0.330 e. The van der Waals surface area contributed by atoms with Gasteiger partial charge in [-0.3, -0.25) is 0 Å². The van der Waals surface area contributed by atoms with Crippen LogP contribution < -0.4 is 5.73 Å². The molecule has 0 aromatic rings. The van der Waals surface area contributed by atoms with E-state index in [2.05, 4.69) is 30.6 Å². The number of hydrogen-bond donors (Lipinski definition) is 1. The smallest absolute Gasteiger partial charge is 0.0109 e. The molecule has 0 bridgehead atoms. The molecular formula is C13H29N3. The predicted octanol–water partition coefficient (Wildman–Crippen LogP) is 1.24. The van der Waals surface area contributed by atoms with E-state index in [9.17, 15) is 0 Å². The molecule has 96 valence electrons. The highest BCUT2D eigenvalue weighted by Gasteiger charge is 2.16. The molecule has 1 aliphatic heterocycles. The standard InChI is InChI=1S/C13H29N3/c1-12(2)10-15-5-4-6-16(8-7-15)11-13(3)9-14/h12-13H,4-11,14H2,1-3H3. The predicted molar refractivity (Wildman–Crippen MR) is 70.6 cm³/mol. The van der Waals surface area contributed by atoms with Gasteiger partial charge < -0.3 is 15.5 Å². The van der Waals surface area contributed by atoms with Gasteiger partial charge >= 0.3 is 0 Å². The van der Waals surface area contributed by atoms with Gasteiger partial charge in [-0.15, -0.1) is 0 Å². The van der Waals surface area contributed by atoms with Crippen molar-refractivity contribution in [3.05, 3.63) is 0 Å². The molecule has 1 atom stereocenters. The van der Waals surface area contributed by atoms with Crippen molar-refractivity contribution in [1.82, 2.24) is 9.80 Å². The van der Waals surface area contributed by atoms with Crippen molar-refractivity contribution in [2.45, 2.75) is 27.2 Å². The summed E-state index contributed by atoms with van der Waals surface area (Å²) in [6.07, 6.45) is 1.31. The normalized spacial score (nSPS) is 22.3. The third-order valence-corrected chi connectivity index (χ3v) is 3.28. The lowest BCUT2D eigenvalue weighted by atomic mass is 10.1. The third kappa shape index (κ3) is 5.28. The molecule has 1 aliphatic rings. The van der Waals surface area contributed by atoms with Crippen LogP contribution in [0.1, 0.15) is 27.2 Å². The van der Waals surface area contributed by atoms with Crippen molar-refractivity contribution in [3.8, 4) is 0 Å². The summed E-state index contributed by atoms with van der Waals surface area (Å²) >= 11 is 0. The zero-order valence-electron chi connectivity index (χ0n) is 11.3. The summed E-state index contributed by atoms with van der Waals surface area (Å²) in [6, 6.07) is 0. The van der Waals surface area contributed by atoms with Gasteiger partial charge in [0.25, 0.3) is 0 Å². The summed E-state index contributed by atoms with van der Waals surface area (Å²) < 4.78 is 0. The van der Waals surface area contributed by atoms with E-state index < -0.39 is 0 Å². The fourth-order valence-electron chi connectivity index (χ4n) is 2.42. The maximum Gasteiger partial charge on any atom is 0.0109 e. The van der Waals surface area contributed by atoms with E-state index in [1.807, 2.05) is 0 Å². The highest BCUT2D eigenvalue weighted by molar-refractivity contribution is 4.72. The summed E-state index contributed by atoms with van der Waals surface area (Å²) in [4.78, 5) is 5.19. The fraction of sp³-hybridized carbons (Fsp3) is 1.00. The first-order valence-electron chi connectivity index (χ1n) is 6.76. The summed E-state index contributed by atoms with van der Waals surface area (Å²) in [5.41, 5.74) is 5.68. The van der Waals surface area contributed by atoms with Crippen LogP contribution in [0.15, 0.2) is 0 Å². The molecule has 16 heavy (non-hydrogen) atoms. The fourth-order valence-corrected chi connectivity index (χ4v) is 2.42. The van der Waals surface area contributed by atoms with Crippen LogP contribution in [-0.4, -0.2) is 55.6 Å².